The minimum absolute atomic E-state index is 0.0793. The molecule has 3 aromatic rings. The first-order valence-corrected chi connectivity index (χ1v) is 6.60. The van der Waals surface area contributed by atoms with E-state index < -0.39 is 23.3 Å². The third kappa shape index (κ3) is 3.03. The Kier molecular flexibility index (Phi) is 3.55. The molecule has 2 aromatic carbocycles. The summed E-state index contributed by atoms with van der Waals surface area (Å²) in [6, 6.07) is 8.87. The number of rotatable bonds is 2. The number of fused-ring (bicyclic) bond motifs is 1. The van der Waals surface area contributed by atoms with E-state index in [1.54, 1.807) is 13.0 Å². The summed E-state index contributed by atoms with van der Waals surface area (Å²) < 4.78 is 49.1. The van der Waals surface area contributed by atoms with Gasteiger partial charge in [0.05, 0.1) is 11.1 Å². The number of alkyl halides is 3. The van der Waals surface area contributed by atoms with Gasteiger partial charge in [-0.15, -0.1) is 0 Å². The van der Waals surface area contributed by atoms with Crippen molar-refractivity contribution in [1.82, 2.24) is 4.98 Å². The maximum absolute atomic E-state index is 12.9. The first-order valence-electron chi connectivity index (χ1n) is 6.60. The van der Waals surface area contributed by atoms with E-state index in [1.165, 1.54) is 24.3 Å². The van der Waals surface area contributed by atoms with Crippen molar-refractivity contribution in [2.45, 2.75) is 13.1 Å². The molecule has 23 heavy (non-hydrogen) atoms. The number of halogens is 3. The predicted octanol–water partition coefficient (Wildman–Crippen LogP) is 4.37. The number of benzene rings is 2. The van der Waals surface area contributed by atoms with Gasteiger partial charge in [0, 0.05) is 13.0 Å². The summed E-state index contributed by atoms with van der Waals surface area (Å²) in [7, 11) is 0. The Morgan fingerprint density at radius 3 is 2.65 bits per heavy atom. The average Bonchev–Trinajstić information content (AvgIpc) is 2.85. The van der Waals surface area contributed by atoms with Gasteiger partial charge in [0.2, 0.25) is 0 Å². The van der Waals surface area contributed by atoms with Gasteiger partial charge < -0.3 is 9.15 Å². The highest BCUT2D eigenvalue weighted by Crippen LogP contribution is 2.32. The van der Waals surface area contributed by atoms with Crippen LogP contribution in [0.3, 0.4) is 0 Å². The molecule has 0 aliphatic rings. The Bertz CT molecular complexity index is 884. The topological polar surface area (TPSA) is 52.3 Å². The van der Waals surface area contributed by atoms with Crippen molar-refractivity contribution in [3.8, 4) is 5.75 Å². The van der Waals surface area contributed by atoms with Crippen LogP contribution in [0.4, 0.5) is 13.2 Å². The third-order valence-electron chi connectivity index (χ3n) is 3.13. The first-order chi connectivity index (χ1) is 10.8. The monoisotopic (exact) mass is 321 g/mol. The highest BCUT2D eigenvalue weighted by molar-refractivity contribution is 5.93. The summed E-state index contributed by atoms with van der Waals surface area (Å²) in [5.74, 6) is -0.574. The number of hydrogen-bond donors (Lipinski definition) is 0. The highest BCUT2D eigenvalue weighted by Gasteiger charge is 2.35. The van der Waals surface area contributed by atoms with Crippen LogP contribution in [0.25, 0.3) is 11.1 Å². The van der Waals surface area contributed by atoms with E-state index in [1.807, 2.05) is 0 Å². The minimum atomic E-state index is -4.64. The summed E-state index contributed by atoms with van der Waals surface area (Å²) in [4.78, 5) is 16.1. The van der Waals surface area contributed by atoms with E-state index in [0.29, 0.717) is 17.0 Å². The lowest BCUT2D eigenvalue weighted by molar-refractivity contribution is -0.138. The lowest BCUT2D eigenvalue weighted by Gasteiger charge is -2.11. The van der Waals surface area contributed by atoms with Gasteiger partial charge in [0.25, 0.3) is 0 Å². The SMILES string of the molecule is Cc1nc2ccc(OC(=O)c3ccccc3C(F)(F)F)cc2o1. The van der Waals surface area contributed by atoms with E-state index in [4.69, 9.17) is 9.15 Å². The Labute approximate surface area is 128 Å². The Hall–Kier alpha value is -2.83. The van der Waals surface area contributed by atoms with Gasteiger partial charge in [0.1, 0.15) is 11.3 Å². The van der Waals surface area contributed by atoms with E-state index in [0.717, 1.165) is 12.1 Å². The number of esters is 1. The van der Waals surface area contributed by atoms with Crippen LogP contribution < -0.4 is 4.74 Å². The number of aromatic nitrogens is 1. The molecular weight excluding hydrogens is 311 g/mol. The molecule has 0 atom stereocenters. The second-order valence-corrected chi connectivity index (χ2v) is 4.80. The molecule has 0 fully saturated rings. The molecule has 0 unspecified atom stereocenters. The molecule has 1 aromatic heterocycles. The van der Waals surface area contributed by atoms with Crippen molar-refractivity contribution in [2.75, 3.05) is 0 Å². The molecule has 0 aliphatic heterocycles. The normalized spacial score (nSPS) is 11.7. The Morgan fingerprint density at radius 2 is 1.91 bits per heavy atom. The fourth-order valence-electron chi connectivity index (χ4n) is 2.15. The van der Waals surface area contributed by atoms with Crippen molar-refractivity contribution in [3.63, 3.8) is 0 Å². The quantitative estimate of drug-likeness (QED) is 0.519. The molecule has 0 amide bonds. The standard InChI is InChI=1S/C16H10F3NO3/c1-9-20-13-7-6-10(8-14(13)22-9)23-15(21)11-4-2-3-5-12(11)16(17,18)19/h2-8H,1H3. The van der Waals surface area contributed by atoms with Crippen LogP contribution in [0, 0.1) is 6.92 Å². The van der Waals surface area contributed by atoms with E-state index in [2.05, 4.69) is 4.98 Å². The molecule has 4 nitrogen and oxygen atoms in total. The van der Waals surface area contributed by atoms with Crippen molar-refractivity contribution in [3.05, 3.63) is 59.5 Å². The van der Waals surface area contributed by atoms with Gasteiger partial charge in [-0.05, 0) is 24.3 Å². The van der Waals surface area contributed by atoms with Crippen molar-refractivity contribution in [2.24, 2.45) is 0 Å². The number of nitrogens with zero attached hydrogens (tertiary/aromatic N) is 1. The molecule has 0 aliphatic carbocycles. The van der Waals surface area contributed by atoms with Crippen LogP contribution in [0.1, 0.15) is 21.8 Å². The number of carbonyl (C=O) groups is 1. The van der Waals surface area contributed by atoms with Crippen LogP contribution in [-0.2, 0) is 6.18 Å². The van der Waals surface area contributed by atoms with Crippen molar-refractivity contribution < 1.29 is 27.1 Å². The number of hydrogen-bond acceptors (Lipinski definition) is 4. The fraction of sp³-hybridized carbons (Fsp3) is 0.125. The van der Waals surface area contributed by atoms with Crippen LogP contribution in [0.15, 0.2) is 46.9 Å². The van der Waals surface area contributed by atoms with Gasteiger partial charge in [-0.1, -0.05) is 12.1 Å². The molecule has 3 rings (SSSR count). The molecule has 0 bridgehead atoms. The first kappa shape index (κ1) is 15.1. The zero-order chi connectivity index (χ0) is 16.6. The van der Waals surface area contributed by atoms with E-state index in [9.17, 15) is 18.0 Å². The van der Waals surface area contributed by atoms with Gasteiger partial charge in [-0.3, -0.25) is 0 Å². The molecule has 0 saturated heterocycles. The van der Waals surface area contributed by atoms with Crippen LogP contribution in [0.5, 0.6) is 5.75 Å². The summed E-state index contributed by atoms with van der Waals surface area (Å²) in [6.45, 7) is 1.66. The van der Waals surface area contributed by atoms with Crippen molar-refractivity contribution in [1.29, 1.82) is 0 Å². The fourth-order valence-corrected chi connectivity index (χ4v) is 2.15. The zero-order valence-electron chi connectivity index (χ0n) is 11.8. The van der Waals surface area contributed by atoms with E-state index >= 15 is 0 Å². The molecular formula is C16H10F3NO3. The predicted molar refractivity (Wildman–Crippen MR) is 75.1 cm³/mol. The molecule has 0 N–H and O–H groups in total. The zero-order valence-corrected chi connectivity index (χ0v) is 11.8. The number of oxazole rings is 1. The average molecular weight is 321 g/mol. The van der Waals surface area contributed by atoms with Gasteiger partial charge >= 0.3 is 12.1 Å². The van der Waals surface area contributed by atoms with Crippen LogP contribution >= 0.6 is 0 Å². The summed E-state index contributed by atoms with van der Waals surface area (Å²) in [6.07, 6.45) is -4.64. The number of carbonyl (C=O) groups excluding carboxylic acids is 1. The van der Waals surface area contributed by atoms with Crippen LogP contribution in [0.2, 0.25) is 0 Å². The number of ether oxygens (including phenoxy) is 1. The molecule has 0 spiro atoms. The molecule has 0 radical (unpaired) electrons. The van der Waals surface area contributed by atoms with Gasteiger partial charge in [-0.25, -0.2) is 9.78 Å². The molecule has 1 heterocycles. The second kappa shape index (κ2) is 5.42. The second-order valence-electron chi connectivity index (χ2n) is 4.80. The summed E-state index contributed by atoms with van der Waals surface area (Å²) in [5, 5.41) is 0. The molecule has 0 saturated carbocycles. The van der Waals surface area contributed by atoms with Gasteiger partial charge in [0.15, 0.2) is 11.5 Å². The number of aryl methyl sites for hydroxylation is 1. The highest BCUT2D eigenvalue weighted by atomic mass is 19.4. The lowest BCUT2D eigenvalue weighted by Crippen LogP contribution is -2.16. The van der Waals surface area contributed by atoms with Crippen LogP contribution in [-0.4, -0.2) is 11.0 Å². The molecule has 118 valence electrons. The Balaban J connectivity index is 1.92. The molecule has 7 heteroatoms. The van der Waals surface area contributed by atoms with E-state index in [-0.39, 0.29) is 5.75 Å². The lowest BCUT2D eigenvalue weighted by atomic mass is 10.1. The Morgan fingerprint density at radius 1 is 1.17 bits per heavy atom. The van der Waals surface area contributed by atoms with Crippen molar-refractivity contribution >= 4 is 17.1 Å². The largest absolute Gasteiger partial charge is 0.441 e. The van der Waals surface area contributed by atoms with Gasteiger partial charge in [-0.2, -0.15) is 13.2 Å². The third-order valence-corrected chi connectivity index (χ3v) is 3.13. The minimum Gasteiger partial charge on any atom is -0.441 e. The maximum atomic E-state index is 12.9. The maximum Gasteiger partial charge on any atom is 0.417 e. The smallest absolute Gasteiger partial charge is 0.417 e. The summed E-state index contributed by atoms with van der Waals surface area (Å²) in [5.41, 5.74) is -0.634. The summed E-state index contributed by atoms with van der Waals surface area (Å²) >= 11 is 0.